The van der Waals surface area contributed by atoms with Gasteiger partial charge in [0, 0.05) is 16.5 Å². The van der Waals surface area contributed by atoms with Gasteiger partial charge in [-0.25, -0.2) is 4.99 Å². The van der Waals surface area contributed by atoms with Crippen molar-refractivity contribution in [2.24, 2.45) is 4.99 Å². The van der Waals surface area contributed by atoms with Crippen LogP contribution in [0.5, 0.6) is 5.75 Å². The fourth-order valence-corrected chi connectivity index (χ4v) is 7.10. The zero-order valence-corrected chi connectivity index (χ0v) is 25.4. The van der Waals surface area contributed by atoms with Gasteiger partial charge in [-0.15, -0.1) is 0 Å². The maximum atomic E-state index is 6.59. The smallest absolute Gasteiger partial charge is 0.197 e. The lowest BCUT2D eigenvalue weighted by Gasteiger charge is -2.39. The Labute approximate surface area is 267 Å². The predicted molar refractivity (Wildman–Crippen MR) is 188 cm³/mol. The van der Waals surface area contributed by atoms with E-state index in [4.69, 9.17) is 9.73 Å². The number of rotatable bonds is 4. The van der Waals surface area contributed by atoms with Crippen molar-refractivity contribution in [3.05, 3.63) is 168 Å². The highest BCUT2D eigenvalue weighted by Crippen LogP contribution is 2.45. The van der Waals surface area contributed by atoms with E-state index in [0.717, 1.165) is 44.7 Å². The van der Waals surface area contributed by atoms with Crippen molar-refractivity contribution in [2.45, 2.75) is 18.6 Å². The lowest BCUT2D eigenvalue weighted by Crippen LogP contribution is -2.45. The molecule has 5 nitrogen and oxygen atoms in total. The van der Waals surface area contributed by atoms with Gasteiger partial charge in [0.15, 0.2) is 6.23 Å². The van der Waals surface area contributed by atoms with E-state index in [0.29, 0.717) is 0 Å². The molecule has 0 spiro atoms. The molecule has 0 saturated heterocycles. The Balaban J connectivity index is 1.09. The van der Waals surface area contributed by atoms with Crippen molar-refractivity contribution in [1.82, 2.24) is 10.2 Å². The number of ether oxygens (including phenoxy) is 1. The molecule has 2 aliphatic rings. The molecule has 0 aliphatic carbocycles. The zero-order valence-electron chi connectivity index (χ0n) is 25.4. The van der Waals surface area contributed by atoms with Gasteiger partial charge < -0.3 is 15.4 Å². The van der Waals surface area contributed by atoms with E-state index in [1.165, 1.54) is 27.1 Å². The van der Waals surface area contributed by atoms with Gasteiger partial charge in [-0.2, -0.15) is 0 Å². The highest BCUT2D eigenvalue weighted by Gasteiger charge is 2.32. The number of anilines is 1. The third-order valence-corrected chi connectivity index (χ3v) is 9.39. The van der Waals surface area contributed by atoms with Gasteiger partial charge in [-0.05, 0) is 63.3 Å². The Morgan fingerprint density at radius 3 is 2.07 bits per heavy atom. The summed E-state index contributed by atoms with van der Waals surface area (Å²) in [6.07, 6.45) is -0.429. The molecule has 0 fully saturated rings. The van der Waals surface area contributed by atoms with Crippen LogP contribution >= 0.6 is 0 Å². The lowest BCUT2D eigenvalue weighted by molar-refractivity contribution is 0.152. The van der Waals surface area contributed by atoms with Crippen LogP contribution in [-0.2, 0) is 0 Å². The Morgan fingerprint density at radius 2 is 1.26 bits per heavy atom. The van der Waals surface area contributed by atoms with Crippen LogP contribution < -0.4 is 15.4 Å². The van der Waals surface area contributed by atoms with E-state index >= 15 is 0 Å². The zero-order chi connectivity index (χ0) is 30.6. The molecule has 3 unspecified atom stereocenters. The lowest BCUT2D eigenvalue weighted by atomic mass is 9.96. The quantitative estimate of drug-likeness (QED) is 0.199. The summed E-state index contributed by atoms with van der Waals surface area (Å²) in [5.41, 5.74) is 5.58. The van der Waals surface area contributed by atoms with Gasteiger partial charge in [-0.1, -0.05) is 127 Å². The normalized spacial score (nSPS) is 19.3. The molecule has 5 heteroatoms. The summed E-state index contributed by atoms with van der Waals surface area (Å²) in [7, 11) is 2.13. The highest BCUT2D eigenvalue weighted by molar-refractivity contribution is 6.10. The first-order chi connectivity index (χ1) is 22.7. The van der Waals surface area contributed by atoms with Gasteiger partial charge >= 0.3 is 0 Å². The van der Waals surface area contributed by atoms with Gasteiger partial charge in [0.2, 0.25) is 0 Å². The second-order valence-electron chi connectivity index (χ2n) is 12.1. The summed E-state index contributed by atoms with van der Waals surface area (Å²) < 4.78 is 6.59. The van der Waals surface area contributed by atoms with E-state index in [9.17, 15) is 0 Å². The van der Waals surface area contributed by atoms with Crippen LogP contribution in [0, 0.1) is 0 Å². The first kappa shape index (κ1) is 26.7. The molecule has 0 amide bonds. The summed E-state index contributed by atoms with van der Waals surface area (Å²) in [4.78, 5) is 7.55. The van der Waals surface area contributed by atoms with Gasteiger partial charge in [0.1, 0.15) is 23.9 Å². The van der Waals surface area contributed by atoms with Gasteiger partial charge in [-0.3, -0.25) is 4.90 Å². The van der Waals surface area contributed by atoms with Crippen molar-refractivity contribution < 1.29 is 4.74 Å². The van der Waals surface area contributed by atoms with Crippen LogP contribution in [0.4, 0.5) is 5.69 Å². The third kappa shape index (κ3) is 4.39. The minimum atomic E-state index is -0.284. The molecule has 222 valence electrons. The van der Waals surface area contributed by atoms with E-state index < -0.39 is 0 Å². The van der Waals surface area contributed by atoms with Crippen molar-refractivity contribution in [2.75, 3.05) is 12.4 Å². The molecule has 0 saturated carbocycles. The summed E-state index contributed by atoms with van der Waals surface area (Å²) in [5.74, 6) is 1.75. The molecule has 2 aliphatic heterocycles. The molecule has 46 heavy (non-hydrogen) atoms. The van der Waals surface area contributed by atoms with Crippen LogP contribution in [0.25, 0.3) is 32.3 Å². The minimum absolute atomic E-state index is 0.0257. The van der Waals surface area contributed by atoms with Crippen molar-refractivity contribution >= 4 is 43.8 Å². The molecular formula is C41H32N4O. The number of nitrogens with one attached hydrogen (secondary N) is 2. The number of hydrogen-bond donors (Lipinski definition) is 2. The van der Waals surface area contributed by atoms with E-state index in [1.54, 1.807) is 0 Å². The van der Waals surface area contributed by atoms with E-state index in [-0.39, 0.29) is 18.6 Å². The van der Waals surface area contributed by atoms with Crippen molar-refractivity contribution in [1.29, 1.82) is 0 Å². The molecule has 7 aromatic rings. The highest BCUT2D eigenvalue weighted by atomic mass is 16.5. The topological polar surface area (TPSA) is 48.9 Å². The number of benzene rings is 7. The number of hydrogen-bond acceptors (Lipinski definition) is 5. The van der Waals surface area contributed by atoms with Gasteiger partial charge in [0.05, 0.1) is 5.69 Å². The van der Waals surface area contributed by atoms with Gasteiger partial charge in [0.25, 0.3) is 0 Å². The van der Waals surface area contributed by atoms with Crippen molar-refractivity contribution in [3.63, 3.8) is 0 Å². The Morgan fingerprint density at radius 1 is 0.587 bits per heavy atom. The number of amidine groups is 1. The predicted octanol–water partition coefficient (Wildman–Crippen LogP) is 9.33. The average Bonchev–Trinajstić information content (AvgIpc) is 3.57. The Bertz CT molecular complexity index is 2280. The van der Waals surface area contributed by atoms with Crippen molar-refractivity contribution in [3.8, 4) is 5.75 Å². The van der Waals surface area contributed by atoms with Crippen LogP contribution in [0.2, 0.25) is 0 Å². The second kappa shape index (κ2) is 10.8. The minimum Gasteiger partial charge on any atom is -0.464 e. The molecule has 9 rings (SSSR count). The number of nitrogens with zero attached hydrogens (tertiary/aromatic N) is 2. The molecular weight excluding hydrogens is 564 g/mol. The molecule has 0 radical (unpaired) electrons. The molecule has 0 bridgehead atoms. The standard InChI is InChI=1S/C41H32N4O/c1-45-39(26-12-4-2-5-13-26)43-38(44-40(45)27-14-6-3-7-15-27)30-20-22-32-29(24-30)21-23-36-37(32)42-41(46-36)35-25-28-16-8-9-17-31(28)33-18-10-11-19-34(33)35/h2-25,39-42H,1H3,(H,43,44). The van der Waals surface area contributed by atoms with Crippen LogP contribution in [0.3, 0.4) is 0 Å². The van der Waals surface area contributed by atoms with Crippen LogP contribution in [0.1, 0.15) is 40.8 Å². The maximum absolute atomic E-state index is 6.59. The monoisotopic (exact) mass is 596 g/mol. The maximum Gasteiger partial charge on any atom is 0.197 e. The fourth-order valence-electron chi connectivity index (χ4n) is 7.10. The summed E-state index contributed by atoms with van der Waals surface area (Å²) >= 11 is 0. The molecule has 3 atom stereocenters. The molecule has 2 heterocycles. The number of aliphatic imine (C=N–C) groups is 1. The third-order valence-electron chi connectivity index (χ3n) is 9.39. The van der Waals surface area contributed by atoms with Crippen LogP contribution in [0.15, 0.2) is 151 Å². The fraction of sp³-hybridized carbons (Fsp3) is 0.0976. The largest absolute Gasteiger partial charge is 0.464 e. The first-order valence-corrected chi connectivity index (χ1v) is 15.8. The summed E-state index contributed by atoms with van der Waals surface area (Å²) in [5, 5.41) is 14.6. The van der Waals surface area contributed by atoms with E-state index in [2.05, 4.69) is 168 Å². The molecule has 0 aromatic heterocycles. The molecule has 7 aromatic carbocycles. The Kier molecular flexibility index (Phi) is 6.25. The average molecular weight is 597 g/mol. The Hall–Kier alpha value is -5.65. The number of fused-ring (bicyclic) bond motifs is 6. The first-order valence-electron chi connectivity index (χ1n) is 15.8. The molecule has 2 N–H and O–H groups in total. The van der Waals surface area contributed by atoms with Crippen LogP contribution in [-0.4, -0.2) is 17.8 Å². The second-order valence-corrected chi connectivity index (χ2v) is 12.1. The summed E-state index contributed by atoms with van der Waals surface area (Å²) in [6, 6.07) is 51.4. The van der Waals surface area contributed by atoms with E-state index in [1.807, 2.05) is 0 Å². The SMILES string of the molecule is CN1C(c2ccccc2)N=C(c2ccc3c4c(ccc3c2)OC(c2cc3ccccc3c3ccccc23)N4)NC1c1ccccc1. The summed E-state index contributed by atoms with van der Waals surface area (Å²) in [6.45, 7) is 0.